The van der Waals surface area contributed by atoms with Crippen LogP contribution in [0.4, 0.5) is 11.6 Å². The molecule has 18 heavy (non-hydrogen) atoms. The SMILES string of the molecule is CCNc1nc(C(C)C)nc(NCCCO)c1C. The van der Waals surface area contributed by atoms with Crippen molar-refractivity contribution in [1.29, 1.82) is 0 Å². The Hall–Kier alpha value is -1.36. The van der Waals surface area contributed by atoms with E-state index in [0.29, 0.717) is 5.92 Å². The molecule has 0 unspecified atom stereocenters. The molecular weight excluding hydrogens is 228 g/mol. The zero-order valence-electron chi connectivity index (χ0n) is 11.7. The molecule has 0 aliphatic rings. The van der Waals surface area contributed by atoms with Crippen LogP contribution in [0.2, 0.25) is 0 Å². The van der Waals surface area contributed by atoms with Crippen LogP contribution in [0.25, 0.3) is 0 Å². The van der Waals surface area contributed by atoms with Crippen LogP contribution in [-0.4, -0.2) is 34.8 Å². The molecule has 0 fully saturated rings. The second kappa shape index (κ2) is 7.16. The smallest absolute Gasteiger partial charge is 0.135 e. The van der Waals surface area contributed by atoms with Crippen molar-refractivity contribution in [3.05, 3.63) is 11.4 Å². The minimum absolute atomic E-state index is 0.189. The predicted octanol–water partition coefficient (Wildman–Crippen LogP) is 2.13. The number of aliphatic hydroxyl groups excluding tert-OH is 1. The largest absolute Gasteiger partial charge is 0.396 e. The van der Waals surface area contributed by atoms with Gasteiger partial charge in [-0.25, -0.2) is 9.97 Å². The van der Waals surface area contributed by atoms with Crippen LogP contribution in [0.3, 0.4) is 0 Å². The van der Waals surface area contributed by atoms with Gasteiger partial charge in [-0.05, 0) is 20.3 Å². The standard InChI is InChI=1S/C13H24N4O/c1-5-14-12-10(4)13(15-7-6-8-18)17-11(16-12)9(2)3/h9,18H,5-8H2,1-4H3,(H2,14,15,16,17). The van der Waals surface area contributed by atoms with Crippen molar-refractivity contribution in [2.45, 2.75) is 40.0 Å². The highest BCUT2D eigenvalue weighted by molar-refractivity contribution is 5.57. The van der Waals surface area contributed by atoms with Gasteiger partial charge in [0.25, 0.3) is 0 Å². The molecule has 0 atom stereocenters. The maximum absolute atomic E-state index is 8.81. The first-order chi connectivity index (χ1) is 8.60. The first kappa shape index (κ1) is 14.7. The highest BCUT2D eigenvalue weighted by Gasteiger charge is 2.12. The summed E-state index contributed by atoms with van der Waals surface area (Å²) in [6.45, 7) is 9.96. The first-order valence-electron chi connectivity index (χ1n) is 6.57. The Morgan fingerprint density at radius 1 is 1.17 bits per heavy atom. The molecule has 0 bridgehead atoms. The summed E-state index contributed by atoms with van der Waals surface area (Å²) in [4.78, 5) is 9.08. The molecular formula is C13H24N4O. The zero-order valence-corrected chi connectivity index (χ0v) is 11.7. The molecule has 102 valence electrons. The summed E-state index contributed by atoms with van der Waals surface area (Å²) >= 11 is 0. The highest BCUT2D eigenvalue weighted by Crippen LogP contribution is 2.22. The van der Waals surface area contributed by atoms with Gasteiger partial charge in [-0.1, -0.05) is 13.8 Å². The molecule has 0 aliphatic heterocycles. The number of aromatic nitrogens is 2. The normalized spacial score (nSPS) is 10.8. The molecule has 0 aliphatic carbocycles. The molecule has 1 rings (SSSR count). The summed E-state index contributed by atoms with van der Waals surface area (Å²) < 4.78 is 0. The lowest BCUT2D eigenvalue weighted by molar-refractivity contribution is 0.292. The topological polar surface area (TPSA) is 70.1 Å². The summed E-state index contributed by atoms with van der Waals surface area (Å²) in [5.41, 5.74) is 1.03. The maximum Gasteiger partial charge on any atom is 0.135 e. The van der Waals surface area contributed by atoms with Crippen LogP contribution in [0.5, 0.6) is 0 Å². The van der Waals surface area contributed by atoms with Gasteiger partial charge < -0.3 is 15.7 Å². The van der Waals surface area contributed by atoms with Gasteiger partial charge in [-0.3, -0.25) is 0 Å². The summed E-state index contributed by atoms with van der Waals surface area (Å²) in [7, 11) is 0. The minimum atomic E-state index is 0.189. The van der Waals surface area contributed by atoms with Crippen molar-refractivity contribution in [3.8, 4) is 0 Å². The predicted molar refractivity (Wildman–Crippen MR) is 75.2 cm³/mol. The third-order valence-electron chi connectivity index (χ3n) is 2.65. The quantitative estimate of drug-likeness (QED) is 0.649. The van der Waals surface area contributed by atoms with E-state index in [0.717, 1.165) is 42.5 Å². The lowest BCUT2D eigenvalue weighted by Gasteiger charge is -2.15. The Kier molecular flexibility index (Phi) is 5.85. The van der Waals surface area contributed by atoms with Crippen LogP contribution in [-0.2, 0) is 0 Å². The van der Waals surface area contributed by atoms with Crippen LogP contribution in [0.1, 0.15) is 44.5 Å². The van der Waals surface area contributed by atoms with Crippen LogP contribution < -0.4 is 10.6 Å². The number of hydrogen-bond donors (Lipinski definition) is 3. The fourth-order valence-corrected chi connectivity index (χ4v) is 1.59. The lowest BCUT2D eigenvalue weighted by atomic mass is 10.2. The van der Waals surface area contributed by atoms with Crippen LogP contribution >= 0.6 is 0 Å². The average Bonchev–Trinajstić information content (AvgIpc) is 2.33. The zero-order chi connectivity index (χ0) is 13.5. The molecule has 3 N–H and O–H groups in total. The number of nitrogens with one attached hydrogen (secondary N) is 2. The van der Waals surface area contributed by atoms with Gasteiger partial charge in [0.2, 0.25) is 0 Å². The molecule has 0 saturated carbocycles. The van der Waals surface area contributed by atoms with E-state index in [9.17, 15) is 0 Å². The van der Waals surface area contributed by atoms with E-state index in [-0.39, 0.29) is 6.61 Å². The molecule has 0 amide bonds. The summed E-state index contributed by atoms with van der Waals surface area (Å²) in [5, 5.41) is 15.3. The average molecular weight is 252 g/mol. The number of rotatable bonds is 7. The molecule has 0 spiro atoms. The van der Waals surface area contributed by atoms with Gasteiger partial charge >= 0.3 is 0 Å². The Labute approximate surface area is 109 Å². The Balaban J connectivity index is 2.98. The molecule has 0 radical (unpaired) electrons. The number of aliphatic hydroxyl groups is 1. The van der Waals surface area contributed by atoms with Gasteiger partial charge in [0.15, 0.2) is 0 Å². The molecule has 0 saturated heterocycles. The van der Waals surface area contributed by atoms with Gasteiger partial charge in [0, 0.05) is 31.2 Å². The van der Waals surface area contributed by atoms with Gasteiger partial charge in [0.05, 0.1) is 0 Å². The Morgan fingerprint density at radius 3 is 2.28 bits per heavy atom. The van der Waals surface area contributed by atoms with Crippen molar-refractivity contribution >= 4 is 11.6 Å². The van der Waals surface area contributed by atoms with E-state index in [1.54, 1.807) is 0 Å². The molecule has 5 nitrogen and oxygen atoms in total. The second-order valence-electron chi connectivity index (χ2n) is 4.59. The highest BCUT2D eigenvalue weighted by atomic mass is 16.3. The van der Waals surface area contributed by atoms with Crippen molar-refractivity contribution in [3.63, 3.8) is 0 Å². The molecule has 0 aromatic carbocycles. The fourth-order valence-electron chi connectivity index (χ4n) is 1.59. The van der Waals surface area contributed by atoms with E-state index < -0.39 is 0 Å². The summed E-state index contributed by atoms with van der Waals surface area (Å²) in [5.74, 6) is 2.88. The fraction of sp³-hybridized carbons (Fsp3) is 0.692. The molecule has 1 heterocycles. The monoisotopic (exact) mass is 252 g/mol. The molecule has 5 heteroatoms. The van der Waals surface area contributed by atoms with E-state index in [4.69, 9.17) is 5.11 Å². The second-order valence-corrected chi connectivity index (χ2v) is 4.59. The third kappa shape index (κ3) is 3.84. The van der Waals surface area contributed by atoms with E-state index in [2.05, 4.69) is 41.4 Å². The lowest BCUT2D eigenvalue weighted by Crippen LogP contribution is -2.13. The summed E-state index contributed by atoms with van der Waals surface area (Å²) in [6.07, 6.45) is 0.719. The Morgan fingerprint density at radius 2 is 1.78 bits per heavy atom. The van der Waals surface area contributed by atoms with Crippen LogP contribution in [0.15, 0.2) is 0 Å². The molecule has 1 aromatic heterocycles. The van der Waals surface area contributed by atoms with Crippen molar-refractivity contribution < 1.29 is 5.11 Å². The molecule has 1 aromatic rings. The van der Waals surface area contributed by atoms with Crippen molar-refractivity contribution in [2.75, 3.05) is 30.3 Å². The van der Waals surface area contributed by atoms with E-state index in [1.165, 1.54) is 0 Å². The van der Waals surface area contributed by atoms with Crippen molar-refractivity contribution in [1.82, 2.24) is 9.97 Å². The number of nitrogens with zero attached hydrogens (tertiary/aromatic N) is 2. The minimum Gasteiger partial charge on any atom is -0.396 e. The first-order valence-corrected chi connectivity index (χ1v) is 6.57. The van der Waals surface area contributed by atoms with Crippen LogP contribution in [0, 0.1) is 6.92 Å². The Bertz CT molecular complexity index is 379. The third-order valence-corrected chi connectivity index (χ3v) is 2.65. The van der Waals surface area contributed by atoms with E-state index >= 15 is 0 Å². The van der Waals surface area contributed by atoms with Gasteiger partial charge in [0.1, 0.15) is 17.5 Å². The summed E-state index contributed by atoms with van der Waals surface area (Å²) in [6, 6.07) is 0. The van der Waals surface area contributed by atoms with Gasteiger partial charge in [-0.2, -0.15) is 0 Å². The number of hydrogen-bond acceptors (Lipinski definition) is 5. The van der Waals surface area contributed by atoms with Crippen molar-refractivity contribution in [2.24, 2.45) is 0 Å². The van der Waals surface area contributed by atoms with Gasteiger partial charge in [-0.15, -0.1) is 0 Å². The van der Waals surface area contributed by atoms with E-state index in [1.807, 2.05) is 6.92 Å². The maximum atomic E-state index is 8.81. The number of anilines is 2.